The van der Waals surface area contributed by atoms with Crippen LogP contribution in [0.4, 0.5) is 0 Å². The molecule has 0 fully saturated rings. The number of halogens is 1. The van der Waals surface area contributed by atoms with Crippen molar-refractivity contribution in [2.75, 3.05) is 0 Å². The highest BCUT2D eigenvalue weighted by molar-refractivity contribution is 6.30. The summed E-state index contributed by atoms with van der Waals surface area (Å²) >= 11 is 6.14. The van der Waals surface area contributed by atoms with E-state index in [4.69, 9.17) is 11.6 Å². The van der Waals surface area contributed by atoms with Crippen LogP contribution in [0.1, 0.15) is 47.8 Å². The van der Waals surface area contributed by atoms with Gasteiger partial charge in [-0.25, -0.2) is 0 Å². The number of rotatable bonds is 3. The van der Waals surface area contributed by atoms with Crippen molar-refractivity contribution in [3.8, 4) is 0 Å². The zero-order valence-electron chi connectivity index (χ0n) is 12.3. The Morgan fingerprint density at radius 2 is 1.70 bits per heavy atom. The molecule has 1 nitrogen and oxygen atoms in total. The highest BCUT2D eigenvalue weighted by atomic mass is 35.5. The van der Waals surface area contributed by atoms with E-state index in [2.05, 4.69) is 32.9 Å². The third kappa shape index (κ3) is 2.64. The van der Waals surface area contributed by atoms with E-state index in [1.807, 2.05) is 24.3 Å². The minimum Gasteiger partial charge on any atom is -0.295 e. The third-order valence-electron chi connectivity index (χ3n) is 3.85. The molecule has 0 heterocycles. The Kier molecular flexibility index (Phi) is 4.01. The summed E-state index contributed by atoms with van der Waals surface area (Å²) in [5, 5.41) is 0.659. The Morgan fingerprint density at radius 1 is 1.05 bits per heavy atom. The van der Waals surface area contributed by atoms with Gasteiger partial charge in [0.25, 0.3) is 0 Å². The van der Waals surface area contributed by atoms with E-state index >= 15 is 0 Å². The molecule has 0 bridgehead atoms. The van der Waals surface area contributed by atoms with Crippen LogP contribution >= 0.6 is 11.6 Å². The first kappa shape index (κ1) is 14.8. The van der Waals surface area contributed by atoms with Crippen LogP contribution in [0.3, 0.4) is 0 Å². The quantitative estimate of drug-likeness (QED) is 0.711. The zero-order chi connectivity index (χ0) is 14.9. The molecule has 0 aliphatic rings. The summed E-state index contributed by atoms with van der Waals surface area (Å²) in [6, 6.07) is 13.8. The number of carbonyl (C=O) groups is 1. The van der Waals surface area contributed by atoms with Gasteiger partial charge in [0.05, 0.1) is 0 Å². The lowest BCUT2D eigenvalue weighted by atomic mass is 9.74. The van der Waals surface area contributed by atoms with Gasteiger partial charge in [0.2, 0.25) is 0 Å². The van der Waals surface area contributed by atoms with Gasteiger partial charge >= 0.3 is 0 Å². The first-order chi connectivity index (χ1) is 9.34. The molecule has 0 aliphatic heterocycles. The van der Waals surface area contributed by atoms with Gasteiger partial charge in [-0.1, -0.05) is 49.7 Å². The number of ketones is 1. The highest BCUT2D eigenvalue weighted by Crippen LogP contribution is 2.36. The fraction of sp³-hybridized carbons (Fsp3) is 0.278. The Bertz CT molecular complexity index is 656. The molecule has 0 saturated carbocycles. The van der Waals surface area contributed by atoms with Crippen molar-refractivity contribution in [1.29, 1.82) is 0 Å². The van der Waals surface area contributed by atoms with Crippen molar-refractivity contribution in [1.82, 2.24) is 0 Å². The molecular formula is C18H19ClO. The molecule has 0 amide bonds. The second kappa shape index (κ2) is 5.41. The summed E-state index contributed by atoms with van der Waals surface area (Å²) in [5.74, 6) is 0.0679. The molecule has 0 N–H and O–H groups in total. The number of benzene rings is 2. The fourth-order valence-corrected chi connectivity index (χ4v) is 2.93. The van der Waals surface area contributed by atoms with E-state index in [0.717, 1.165) is 11.1 Å². The number of aryl methyl sites for hydroxylation is 1. The van der Waals surface area contributed by atoms with Crippen LogP contribution in [0.5, 0.6) is 0 Å². The lowest BCUT2D eigenvalue weighted by Crippen LogP contribution is -2.23. The second-order valence-corrected chi connectivity index (χ2v) is 6.12. The van der Waals surface area contributed by atoms with Crippen LogP contribution in [-0.2, 0) is 5.41 Å². The van der Waals surface area contributed by atoms with E-state index in [9.17, 15) is 4.79 Å². The minimum atomic E-state index is -0.267. The van der Waals surface area contributed by atoms with Gasteiger partial charge in [-0.05, 0) is 48.7 Å². The molecule has 2 aromatic rings. The Labute approximate surface area is 125 Å². The predicted octanol–water partition coefficient (Wildman–Crippen LogP) is 5.18. The standard InChI is InChI=1S/C18H19ClO/c1-12-7-5-6-8-16(12)18(3,4)17-11-14(19)9-10-15(17)13(2)20/h5-11H,1-4H3. The monoisotopic (exact) mass is 286 g/mol. The maximum Gasteiger partial charge on any atom is 0.160 e. The van der Waals surface area contributed by atoms with E-state index in [1.165, 1.54) is 11.1 Å². The molecule has 0 saturated heterocycles. The van der Waals surface area contributed by atoms with Crippen molar-refractivity contribution in [2.45, 2.75) is 33.1 Å². The van der Waals surface area contributed by atoms with Crippen molar-refractivity contribution in [3.05, 3.63) is 69.7 Å². The fourth-order valence-electron chi connectivity index (χ4n) is 2.76. The molecule has 20 heavy (non-hydrogen) atoms. The summed E-state index contributed by atoms with van der Waals surface area (Å²) < 4.78 is 0. The van der Waals surface area contributed by atoms with Crippen molar-refractivity contribution in [2.24, 2.45) is 0 Å². The summed E-state index contributed by atoms with van der Waals surface area (Å²) in [7, 11) is 0. The highest BCUT2D eigenvalue weighted by Gasteiger charge is 2.28. The van der Waals surface area contributed by atoms with Gasteiger partial charge in [-0.15, -0.1) is 0 Å². The molecule has 104 valence electrons. The van der Waals surface area contributed by atoms with E-state index in [0.29, 0.717) is 5.02 Å². The first-order valence-corrected chi connectivity index (χ1v) is 7.09. The molecule has 0 atom stereocenters. The third-order valence-corrected chi connectivity index (χ3v) is 4.09. The molecule has 0 radical (unpaired) electrons. The van der Waals surface area contributed by atoms with Gasteiger partial charge in [-0.3, -0.25) is 4.79 Å². The Hall–Kier alpha value is -1.60. The van der Waals surface area contributed by atoms with E-state index < -0.39 is 0 Å². The van der Waals surface area contributed by atoms with E-state index in [1.54, 1.807) is 13.0 Å². The van der Waals surface area contributed by atoms with Gasteiger partial charge in [-0.2, -0.15) is 0 Å². The van der Waals surface area contributed by atoms with Crippen molar-refractivity contribution >= 4 is 17.4 Å². The maximum absolute atomic E-state index is 11.9. The van der Waals surface area contributed by atoms with Gasteiger partial charge in [0.15, 0.2) is 5.78 Å². The van der Waals surface area contributed by atoms with Crippen LogP contribution in [0.25, 0.3) is 0 Å². The van der Waals surface area contributed by atoms with Gasteiger partial charge < -0.3 is 0 Å². The minimum absolute atomic E-state index is 0.0679. The molecule has 2 aromatic carbocycles. The van der Waals surface area contributed by atoms with Crippen LogP contribution in [0.2, 0.25) is 5.02 Å². The Morgan fingerprint density at radius 3 is 2.30 bits per heavy atom. The SMILES string of the molecule is CC(=O)c1ccc(Cl)cc1C(C)(C)c1ccccc1C. The van der Waals surface area contributed by atoms with Crippen LogP contribution < -0.4 is 0 Å². The summed E-state index contributed by atoms with van der Waals surface area (Å²) in [6.45, 7) is 7.95. The molecule has 0 spiro atoms. The molecule has 2 heteroatoms. The lowest BCUT2D eigenvalue weighted by Gasteiger charge is -2.29. The number of Topliss-reactive ketones (excluding diaryl/α,β-unsaturated/α-hetero) is 1. The topological polar surface area (TPSA) is 17.1 Å². The van der Waals surface area contributed by atoms with Gasteiger partial charge in [0, 0.05) is 16.0 Å². The largest absolute Gasteiger partial charge is 0.295 e. The molecular weight excluding hydrogens is 268 g/mol. The first-order valence-electron chi connectivity index (χ1n) is 6.71. The van der Waals surface area contributed by atoms with Gasteiger partial charge in [0.1, 0.15) is 0 Å². The predicted molar refractivity (Wildman–Crippen MR) is 84.8 cm³/mol. The lowest BCUT2D eigenvalue weighted by molar-refractivity contribution is 0.101. The molecule has 2 rings (SSSR count). The maximum atomic E-state index is 11.9. The van der Waals surface area contributed by atoms with Crippen LogP contribution in [0, 0.1) is 6.92 Å². The average Bonchev–Trinajstić information content (AvgIpc) is 2.38. The van der Waals surface area contributed by atoms with Crippen molar-refractivity contribution < 1.29 is 4.79 Å². The van der Waals surface area contributed by atoms with Crippen LogP contribution in [0.15, 0.2) is 42.5 Å². The smallest absolute Gasteiger partial charge is 0.160 e. The van der Waals surface area contributed by atoms with E-state index in [-0.39, 0.29) is 11.2 Å². The van der Waals surface area contributed by atoms with Crippen molar-refractivity contribution in [3.63, 3.8) is 0 Å². The summed E-state index contributed by atoms with van der Waals surface area (Å²) in [4.78, 5) is 11.9. The molecule has 0 aromatic heterocycles. The average molecular weight is 287 g/mol. The Balaban J connectivity index is 2.68. The number of carbonyl (C=O) groups excluding carboxylic acids is 1. The summed E-state index contributed by atoms with van der Waals surface area (Å²) in [6.07, 6.45) is 0. The normalized spacial score (nSPS) is 11.4. The zero-order valence-corrected chi connectivity index (χ0v) is 13.1. The molecule has 0 unspecified atom stereocenters. The van der Waals surface area contributed by atoms with Crippen LogP contribution in [-0.4, -0.2) is 5.78 Å². The number of hydrogen-bond donors (Lipinski definition) is 0. The number of hydrogen-bond acceptors (Lipinski definition) is 1. The molecule has 0 aliphatic carbocycles. The second-order valence-electron chi connectivity index (χ2n) is 5.69. The summed E-state index contributed by atoms with van der Waals surface area (Å²) in [5.41, 5.74) is 3.88.